The van der Waals surface area contributed by atoms with Crippen LogP contribution in [-0.4, -0.2) is 48.5 Å². The van der Waals surface area contributed by atoms with E-state index in [1.807, 2.05) is 14.0 Å². The fourth-order valence-corrected chi connectivity index (χ4v) is 1.26. The predicted octanol–water partition coefficient (Wildman–Crippen LogP) is 0.319. The molecule has 0 heterocycles. The van der Waals surface area contributed by atoms with Gasteiger partial charge in [0, 0.05) is 12.0 Å². The molecule has 0 aliphatic carbocycles. The average molecular weight is 175 g/mol. The standard InChI is InChI=1S/C9H21NO2/c1-4-5-10(3)6-9(2,7-11)8-12/h11-12H,4-8H2,1-3H3. The quantitative estimate of drug-likeness (QED) is 0.611. The van der Waals surface area contributed by atoms with Crippen molar-refractivity contribution in [3.63, 3.8) is 0 Å². The molecule has 3 nitrogen and oxygen atoms in total. The maximum absolute atomic E-state index is 9.02. The topological polar surface area (TPSA) is 43.7 Å². The van der Waals surface area contributed by atoms with Crippen molar-refractivity contribution in [3.8, 4) is 0 Å². The maximum atomic E-state index is 9.02. The van der Waals surface area contributed by atoms with Gasteiger partial charge in [0.15, 0.2) is 0 Å². The van der Waals surface area contributed by atoms with E-state index >= 15 is 0 Å². The summed E-state index contributed by atoms with van der Waals surface area (Å²) >= 11 is 0. The maximum Gasteiger partial charge on any atom is 0.0519 e. The highest BCUT2D eigenvalue weighted by Crippen LogP contribution is 2.15. The first-order chi connectivity index (χ1) is 5.58. The Hall–Kier alpha value is -0.120. The molecule has 0 atom stereocenters. The predicted molar refractivity (Wildman–Crippen MR) is 50.1 cm³/mol. The second-order valence-electron chi connectivity index (χ2n) is 3.86. The molecule has 0 aromatic rings. The van der Waals surface area contributed by atoms with Gasteiger partial charge in [-0.05, 0) is 20.0 Å². The van der Waals surface area contributed by atoms with E-state index in [9.17, 15) is 0 Å². The van der Waals surface area contributed by atoms with Crippen LogP contribution in [0.4, 0.5) is 0 Å². The van der Waals surface area contributed by atoms with Crippen molar-refractivity contribution in [2.75, 3.05) is 33.4 Å². The van der Waals surface area contributed by atoms with Crippen LogP contribution < -0.4 is 0 Å². The lowest BCUT2D eigenvalue weighted by atomic mass is 9.92. The Morgan fingerprint density at radius 3 is 2.08 bits per heavy atom. The first-order valence-electron chi connectivity index (χ1n) is 4.48. The lowest BCUT2D eigenvalue weighted by Crippen LogP contribution is -2.39. The van der Waals surface area contributed by atoms with Gasteiger partial charge in [-0.1, -0.05) is 13.8 Å². The Labute approximate surface area is 75.0 Å². The molecule has 2 N–H and O–H groups in total. The molecule has 3 heteroatoms. The first-order valence-corrected chi connectivity index (χ1v) is 4.48. The van der Waals surface area contributed by atoms with E-state index in [1.165, 1.54) is 0 Å². The molecule has 0 fully saturated rings. The van der Waals surface area contributed by atoms with Crippen LogP contribution in [0, 0.1) is 5.41 Å². The smallest absolute Gasteiger partial charge is 0.0519 e. The Morgan fingerprint density at radius 2 is 1.75 bits per heavy atom. The summed E-state index contributed by atoms with van der Waals surface area (Å²) < 4.78 is 0. The third-order valence-corrected chi connectivity index (χ3v) is 2.02. The first kappa shape index (κ1) is 11.9. The Balaban J connectivity index is 3.84. The minimum absolute atomic E-state index is 0.0392. The lowest BCUT2D eigenvalue weighted by Gasteiger charge is -2.30. The van der Waals surface area contributed by atoms with Crippen molar-refractivity contribution in [3.05, 3.63) is 0 Å². The highest BCUT2D eigenvalue weighted by molar-refractivity contribution is 4.75. The monoisotopic (exact) mass is 175 g/mol. The van der Waals surface area contributed by atoms with Gasteiger partial charge in [-0.15, -0.1) is 0 Å². The molecule has 0 saturated carbocycles. The molecular weight excluding hydrogens is 154 g/mol. The van der Waals surface area contributed by atoms with Crippen molar-refractivity contribution >= 4 is 0 Å². The van der Waals surface area contributed by atoms with Crippen LogP contribution in [0.1, 0.15) is 20.3 Å². The molecule has 0 bridgehead atoms. The summed E-state index contributed by atoms with van der Waals surface area (Å²) in [5.41, 5.74) is -0.357. The van der Waals surface area contributed by atoms with Gasteiger partial charge in [0.2, 0.25) is 0 Å². The number of rotatable bonds is 6. The van der Waals surface area contributed by atoms with Gasteiger partial charge < -0.3 is 15.1 Å². The molecule has 12 heavy (non-hydrogen) atoms. The van der Waals surface area contributed by atoms with E-state index in [0.717, 1.165) is 19.5 Å². The fraction of sp³-hybridized carbons (Fsp3) is 1.00. The number of aliphatic hydroxyl groups excluding tert-OH is 2. The van der Waals surface area contributed by atoms with E-state index in [0.29, 0.717) is 0 Å². The molecule has 0 unspecified atom stereocenters. The van der Waals surface area contributed by atoms with Crippen LogP contribution in [0.2, 0.25) is 0 Å². The molecular formula is C9H21NO2. The number of aliphatic hydroxyl groups is 2. The Morgan fingerprint density at radius 1 is 1.25 bits per heavy atom. The zero-order valence-electron chi connectivity index (χ0n) is 8.38. The molecule has 0 saturated heterocycles. The van der Waals surface area contributed by atoms with Crippen molar-refractivity contribution in [1.29, 1.82) is 0 Å². The van der Waals surface area contributed by atoms with Gasteiger partial charge in [0.1, 0.15) is 0 Å². The van der Waals surface area contributed by atoms with Crippen LogP contribution in [0.15, 0.2) is 0 Å². The van der Waals surface area contributed by atoms with E-state index in [4.69, 9.17) is 10.2 Å². The van der Waals surface area contributed by atoms with E-state index < -0.39 is 0 Å². The second kappa shape index (κ2) is 5.51. The van der Waals surface area contributed by atoms with Gasteiger partial charge in [-0.2, -0.15) is 0 Å². The summed E-state index contributed by atoms with van der Waals surface area (Å²) in [5, 5.41) is 18.0. The highest BCUT2D eigenvalue weighted by atomic mass is 16.3. The molecule has 0 aromatic heterocycles. The molecule has 74 valence electrons. The van der Waals surface area contributed by atoms with Crippen LogP contribution in [0.3, 0.4) is 0 Å². The zero-order valence-corrected chi connectivity index (χ0v) is 8.38. The Kier molecular flexibility index (Phi) is 5.46. The van der Waals surface area contributed by atoms with Crippen LogP contribution in [-0.2, 0) is 0 Å². The highest BCUT2D eigenvalue weighted by Gasteiger charge is 2.23. The molecule has 0 aliphatic rings. The molecule has 0 aliphatic heterocycles. The molecule has 0 rings (SSSR count). The van der Waals surface area contributed by atoms with Crippen molar-refractivity contribution < 1.29 is 10.2 Å². The largest absolute Gasteiger partial charge is 0.396 e. The van der Waals surface area contributed by atoms with Crippen molar-refractivity contribution in [2.24, 2.45) is 5.41 Å². The van der Waals surface area contributed by atoms with Gasteiger partial charge in [-0.3, -0.25) is 0 Å². The zero-order chi connectivity index (χ0) is 9.61. The fourth-order valence-electron chi connectivity index (χ4n) is 1.26. The number of hydrogen-bond donors (Lipinski definition) is 2. The Bertz CT molecular complexity index is 113. The molecule has 0 radical (unpaired) electrons. The van der Waals surface area contributed by atoms with Gasteiger partial charge >= 0.3 is 0 Å². The minimum atomic E-state index is -0.357. The SMILES string of the molecule is CCCN(C)CC(C)(CO)CO. The van der Waals surface area contributed by atoms with E-state index in [-0.39, 0.29) is 18.6 Å². The molecule has 0 amide bonds. The van der Waals surface area contributed by atoms with Gasteiger partial charge in [-0.25, -0.2) is 0 Å². The molecule has 0 aromatic carbocycles. The summed E-state index contributed by atoms with van der Waals surface area (Å²) in [4.78, 5) is 2.13. The lowest BCUT2D eigenvalue weighted by molar-refractivity contribution is 0.0421. The van der Waals surface area contributed by atoms with Gasteiger partial charge in [0.05, 0.1) is 13.2 Å². The summed E-state index contributed by atoms with van der Waals surface area (Å²) in [5.74, 6) is 0. The van der Waals surface area contributed by atoms with Crippen molar-refractivity contribution in [2.45, 2.75) is 20.3 Å². The van der Waals surface area contributed by atoms with E-state index in [2.05, 4.69) is 11.8 Å². The van der Waals surface area contributed by atoms with Crippen LogP contribution >= 0.6 is 0 Å². The number of hydrogen-bond acceptors (Lipinski definition) is 3. The summed E-state index contributed by atoms with van der Waals surface area (Å²) in [6.07, 6.45) is 1.10. The number of nitrogens with zero attached hydrogens (tertiary/aromatic N) is 1. The third-order valence-electron chi connectivity index (χ3n) is 2.02. The second-order valence-corrected chi connectivity index (χ2v) is 3.86. The van der Waals surface area contributed by atoms with Gasteiger partial charge in [0.25, 0.3) is 0 Å². The minimum Gasteiger partial charge on any atom is -0.396 e. The average Bonchev–Trinajstić information content (AvgIpc) is 2.05. The summed E-state index contributed by atoms with van der Waals surface area (Å²) in [7, 11) is 2.01. The van der Waals surface area contributed by atoms with Crippen LogP contribution in [0.5, 0.6) is 0 Å². The normalized spacial score (nSPS) is 12.5. The van der Waals surface area contributed by atoms with Crippen LogP contribution in [0.25, 0.3) is 0 Å². The summed E-state index contributed by atoms with van der Waals surface area (Å²) in [6, 6.07) is 0. The third kappa shape index (κ3) is 4.04. The summed E-state index contributed by atoms with van der Waals surface area (Å²) in [6.45, 7) is 5.84. The van der Waals surface area contributed by atoms with E-state index in [1.54, 1.807) is 0 Å². The molecule has 0 spiro atoms. The van der Waals surface area contributed by atoms with Crippen molar-refractivity contribution in [1.82, 2.24) is 4.90 Å².